The molecule has 0 saturated carbocycles. The van der Waals surface area contributed by atoms with Crippen molar-refractivity contribution in [3.05, 3.63) is 23.6 Å². The van der Waals surface area contributed by atoms with Gasteiger partial charge in [0.15, 0.2) is 6.04 Å². The van der Waals surface area contributed by atoms with Crippen molar-refractivity contribution in [3.63, 3.8) is 0 Å². The van der Waals surface area contributed by atoms with Crippen LogP contribution < -0.4 is 10.1 Å². The Bertz CT molecular complexity index is 926. The van der Waals surface area contributed by atoms with Gasteiger partial charge in [-0.2, -0.15) is 18.3 Å². The number of nitrogens with zero attached hydrogens (tertiary/aromatic N) is 4. The molecule has 0 spiro atoms. The molecule has 1 amide bonds. The molecule has 1 N–H and O–H groups in total. The normalized spacial score (nSPS) is 23.9. The van der Waals surface area contributed by atoms with Gasteiger partial charge < -0.3 is 19.5 Å². The number of aromatic nitrogens is 3. The second-order valence-electron chi connectivity index (χ2n) is 8.24. The minimum absolute atomic E-state index is 0.0378. The summed E-state index contributed by atoms with van der Waals surface area (Å²) in [7, 11) is 1.48. The number of halogens is 3. The Morgan fingerprint density at radius 2 is 2.19 bits per heavy atom. The van der Waals surface area contributed by atoms with E-state index < -0.39 is 12.2 Å². The van der Waals surface area contributed by atoms with E-state index in [1.54, 1.807) is 24.0 Å². The first-order chi connectivity index (χ1) is 14.7. The molecule has 4 rings (SSSR count). The number of methoxy groups -OCH3 is 1. The van der Waals surface area contributed by atoms with Gasteiger partial charge in [0.05, 0.1) is 12.8 Å². The van der Waals surface area contributed by atoms with Gasteiger partial charge in [-0.05, 0) is 37.3 Å². The lowest BCUT2D eigenvalue weighted by atomic mass is 9.85. The maximum absolute atomic E-state index is 13.7. The number of nitrogens with one attached hydrogen (secondary N) is 1. The minimum Gasteiger partial charge on any atom is -0.479 e. The number of alkyl halides is 3. The van der Waals surface area contributed by atoms with Crippen molar-refractivity contribution in [2.45, 2.75) is 57.3 Å². The molecule has 2 aromatic heterocycles. The van der Waals surface area contributed by atoms with Crippen molar-refractivity contribution in [2.75, 3.05) is 25.5 Å². The number of fused-ring (bicyclic) bond motifs is 1. The van der Waals surface area contributed by atoms with Crippen molar-refractivity contribution in [1.29, 1.82) is 0 Å². The van der Waals surface area contributed by atoms with Crippen molar-refractivity contribution in [2.24, 2.45) is 5.92 Å². The van der Waals surface area contributed by atoms with Crippen LogP contribution in [0, 0.1) is 12.8 Å². The summed E-state index contributed by atoms with van der Waals surface area (Å²) in [5, 5.41) is 11.0. The molecule has 0 unspecified atom stereocenters. The molecule has 0 bridgehead atoms. The fourth-order valence-electron chi connectivity index (χ4n) is 4.50. The van der Waals surface area contributed by atoms with E-state index in [2.05, 4.69) is 15.6 Å². The van der Waals surface area contributed by atoms with Crippen LogP contribution in [0.15, 0.2) is 16.7 Å². The molecule has 170 valence electrons. The van der Waals surface area contributed by atoms with Gasteiger partial charge in [-0.25, -0.2) is 4.68 Å². The monoisotopic (exact) mass is 441 g/mol. The topological polar surface area (TPSA) is 85.4 Å². The molecular weight excluding hydrogens is 415 g/mol. The summed E-state index contributed by atoms with van der Waals surface area (Å²) in [6.45, 7) is 2.73. The smallest absolute Gasteiger partial charge is 0.410 e. The highest BCUT2D eigenvalue weighted by Crippen LogP contribution is 2.42. The predicted octanol–water partition coefficient (Wildman–Crippen LogP) is 3.35. The summed E-state index contributed by atoms with van der Waals surface area (Å²) in [5.41, 5.74) is 0.543. The maximum Gasteiger partial charge on any atom is 0.410 e. The van der Waals surface area contributed by atoms with Crippen LogP contribution >= 0.6 is 0 Å². The molecule has 0 aliphatic carbocycles. The average molecular weight is 441 g/mol. The third-order valence-corrected chi connectivity index (χ3v) is 6.05. The van der Waals surface area contributed by atoms with Gasteiger partial charge in [-0.3, -0.25) is 4.79 Å². The molecule has 11 heteroatoms. The Balaban J connectivity index is 1.40. The van der Waals surface area contributed by atoms with Crippen LogP contribution in [0.25, 0.3) is 0 Å². The SMILES string of the molecule is COc1cc(CCC(=O)N2CCC[C@@H]([C@@H]3C[C@H](C(F)(F)F)n4nc(C)cc4N3)C2)on1. The van der Waals surface area contributed by atoms with Gasteiger partial charge in [0.25, 0.3) is 5.88 Å². The highest BCUT2D eigenvalue weighted by molar-refractivity contribution is 5.76. The van der Waals surface area contributed by atoms with Crippen LogP contribution in [0.2, 0.25) is 0 Å². The van der Waals surface area contributed by atoms with Crippen LogP contribution in [-0.2, 0) is 11.2 Å². The summed E-state index contributed by atoms with van der Waals surface area (Å²) in [4.78, 5) is 14.5. The molecule has 2 aromatic rings. The van der Waals surface area contributed by atoms with Crippen LogP contribution in [-0.4, -0.2) is 58.2 Å². The molecule has 1 fully saturated rings. The van der Waals surface area contributed by atoms with Gasteiger partial charge in [0, 0.05) is 44.1 Å². The minimum atomic E-state index is -4.38. The largest absolute Gasteiger partial charge is 0.479 e. The first-order valence-corrected chi connectivity index (χ1v) is 10.4. The number of ether oxygens (including phenoxy) is 1. The van der Waals surface area contributed by atoms with E-state index in [1.807, 2.05) is 0 Å². The Labute approximate surface area is 177 Å². The molecule has 3 atom stereocenters. The number of hydrogen-bond donors (Lipinski definition) is 1. The van der Waals surface area contributed by atoms with Crippen molar-refractivity contribution in [1.82, 2.24) is 19.8 Å². The molecule has 1 saturated heterocycles. The van der Waals surface area contributed by atoms with E-state index >= 15 is 0 Å². The first kappa shape index (κ1) is 21.5. The zero-order chi connectivity index (χ0) is 22.2. The van der Waals surface area contributed by atoms with E-state index in [-0.39, 0.29) is 30.7 Å². The highest BCUT2D eigenvalue weighted by atomic mass is 19.4. The number of anilines is 1. The molecule has 31 heavy (non-hydrogen) atoms. The first-order valence-electron chi connectivity index (χ1n) is 10.4. The summed E-state index contributed by atoms with van der Waals surface area (Å²) in [6, 6.07) is 1.25. The summed E-state index contributed by atoms with van der Waals surface area (Å²) < 4.78 is 52.2. The predicted molar refractivity (Wildman–Crippen MR) is 105 cm³/mol. The molecule has 0 aromatic carbocycles. The van der Waals surface area contributed by atoms with E-state index in [1.165, 1.54) is 7.11 Å². The van der Waals surface area contributed by atoms with Crippen molar-refractivity contribution < 1.29 is 27.2 Å². The molecule has 0 radical (unpaired) electrons. The standard InChI is InChI=1S/C20H26F3N5O3/c1-12-8-17-24-15(10-16(20(21,22)23)28(17)25-12)13-4-3-7-27(11-13)19(29)6-5-14-9-18(30-2)26-31-14/h8-9,13,15-16,24H,3-7,10-11H2,1-2H3/t13-,15+,16-/m1/s1. The summed E-state index contributed by atoms with van der Waals surface area (Å²) in [5.74, 6) is 1.21. The van der Waals surface area contributed by atoms with Crippen LogP contribution in [0.5, 0.6) is 5.88 Å². The van der Waals surface area contributed by atoms with Gasteiger partial charge >= 0.3 is 6.18 Å². The number of likely N-dealkylation sites (tertiary alicyclic amines) is 1. The number of carbonyl (C=O) groups excluding carboxylic acids is 1. The summed E-state index contributed by atoms with van der Waals surface area (Å²) >= 11 is 0. The van der Waals surface area contributed by atoms with Crippen LogP contribution in [0.4, 0.5) is 19.0 Å². The number of aryl methyl sites for hydroxylation is 2. The van der Waals surface area contributed by atoms with Gasteiger partial charge in [-0.15, -0.1) is 0 Å². The second kappa shape index (κ2) is 8.43. The van der Waals surface area contributed by atoms with Crippen LogP contribution in [0.3, 0.4) is 0 Å². The number of piperidine rings is 1. The van der Waals surface area contributed by atoms with Gasteiger partial charge in [0.1, 0.15) is 11.6 Å². The van der Waals surface area contributed by atoms with Crippen molar-refractivity contribution in [3.8, 4) is 5.88 Å². The van der Waals surface area contributed by atoms with Crippen LogP contribution in [0.1, 0.15) is 43.2 Å². The Hall–Kier alpha value is -2.72. The molecule has 4 heterocycles. The quantitative estimate of drug-likeness (QED) is 0.766. The molecule has 2 aliphatic rings. The molecular formula is C20H26F3N5O3. The maximum atomic E-state index is 13.7. The Kier molecular flexibility index (Phi) is 5.85. The van der Waals surface area contributed by atoms with Crippen molar-refractivity contribution >= 4 is 11.7 Å². The molecule has 2 aliphatic heterocycles. The van der Waals surface area contributed by atoms with Gasteiger partial charge in [0.2, 0.25) is 5.91 Å². The van der Waals surface area contributed by atoms with E-state index in [0.29, 0.717) is 42.7 Å². The number of rotatable bonds is 5. The third-order valence-electron chi connectivity index (χ3n) is 6.05. The zero-order valence-electron chi connectivity index (χ0n) is 17.5. The Morgan fingerprint density at radius 3 is 2.90 bits per heavy atom. The fraction of sp³-hybridized carbons (Fsp3) is 0.650. The average Bonchev–Trinajstić information content (AvgIpc) is 3.35. The second-order valence-corrected chi connectivity index (χ2v) is 8.24. The number of hydrogen-bond acceptors (Lipinski definition) is 6. The lowest BCUT2D eigenvalue weighted by Crippen LogP contribution is -2.49. The number of carbonyl (C=O) groups is 1. The van der Waals surface area contributed by atoms with E-state index in [9.17, 15) is 18.0 Å². The lowest BCUT2D eigenvalue weighted by Gasteiger charge is -2.41. The summed E-state index contributed by atoms with van der Waals surface area (Å²) in [6.07, 6.45) is -2.29. The lowest BCUT2D eigenvalue weighted by molar-refractivity contribution is -0.175. The van der Waals surface area contributed by atoms with Gasteiger partial charge in [-0.1, -0.05) is 0 Å². The van der Waals surface area contributed by atoms with E-state index in [4.69, 9.17) is 9.26 Å². The highest BCUT2D eigenvalue weighted by Gasteiger charge is 2.47. The fourth-order valence-corrected chi connectivity index (χ4v) is 4.50. The Morgan fingerprint density at radius 1 is 1.39 bits per heavy atom. The van der Waals surface area contributed by atoms with E-state index in [0.717, 1.165) is 17.5 Å². The number of amides is 1. The third kappa shape index (κ3) is 4.64. The zero-order valence-corrected chi connectivity index (χ0v) is 17.5. The molecule has 8 nitrogen and oxygen atoms in total.